The second-order valence-corrected chi connectivity index (χ2v) is 7.79. The van der Waals surface area contributed by atoms with Crippen LogP contribution < -0.4 is 9.47 Å². The van der Waals surface area contributed by atoms with E-state index in [4.69, 9.17) is 14.2 Å². The third kappa shape index (κ3) is 4.17. The zero-order valence-electron chi connectivity index (χ0n) is 17.4. The number of rotatable bonds is 7. The maximum atomic E-state index is 10.5. The van der Waals surface area contributed by atoms with E-state index in [0.29, 0.717) is 18.7 Å². The van der Waals surface area contributed by atoms with Crippen molar-refractivity contribution in [2.45, 2.75) is 44.8 Å². The zero-order valence-corrected chi connectivity index (χ0v) is 17.4. The largest absolute Gasteiger partial charge is 0.497 e. The summed E-state index contributed by atoms with van der Waals surface area (Å²) in [6.45, 7) is 2.57. The number of para-hydroxylation sites is 1. The zero-order chi connectivity index (χ0) is 21.1. The lowest BCUT2D eigenvalue weighted by Gasteiger charge is -2.38. The highest BCUT2D eigenvalue weighted by molar-refractivity contribution is 5.86. The van der Waals surface area contributed by atoms with Crippen molar-refractivity contribution in [2.75, 3.05) is 13.7 Å². The Morgan fingerprint density at radius 1 is 1.13 bits per heavy atom. The fourth-order valence-electron chi connectivity index (χ4n) is 4.17. The van der Waals surface area contributed by atoms with Crippen LogP contribution in [0, 0.1) is 5.92 Å². The number of aliphatic hydroxyl groups excluding tert-OH is 2. The average Bonchev–Trinajstić information content (AvgIpc) is 3.18. The van der Waals surface area contributed by atoms with Crippen LogP contribution in [0.5, 0.6) is 11.5 Å². The van der Waals surface area contributed by atoms with Crippen molar-refractivity contribution in [1.82, 2.24) is 4.57 Å². The number of ether oxygens (including phenoxy) is 3. The number of hydrogen-bond donors (Lipinski definition) is 2. The highest BCUT2D eigenvalue weighted by atomic mass is 16.7. The molecule has 1 unspecified atom stereocenters. The van der Waals surface area contributed by atoms with Crippen LogP contribution in [-0.2, 0) is 11.3 Å². The molecule has 1 aliphatic heterocycles. The molecule has 2 aromatic carbocycles. The normalized spacial score (nSPS) is 24.1. The van der Waals surface area contributed by atoms with E-state index in [9.17, 15) is 10.2 Å². The van der Waals surface area contributed by atoms with E-state index >= 15 is 0 Å². The number of hydrogen-bond acceptors (Lipinski definition) is 5. The van der Waals surface area contributed by atoms with Crippen molar-refractivity contribution in [3.63, 3.8) is 0 Å². The minimum Gasteiger partial charge on any atom is -0.497 e. The molecule has 6 heteroatoms. The molecule has 160 valence electrons. The summed E-state index contributed by atoms with van der Waals surface area (Å²) in [5.74, 6) is 1.39. The van der Waals surface area contributed by atoms with Crippen molar-refractivity contribution in [2.24, 2.45) is 5.92 Å². The van der Waals surface area contributed by atoms with Gasteiger partial charge < -0.3 is 29.0 Å². The second kappa shape index (κ2) is 9.08. The fourth-order valence-corrected chi connectivity index (χ4v) is 4.17. The van der Waals surface area contributed by atoms with Gasteiger partial charge in [0.15, 0.2) is 0 Å². The highest BCUT2D eigenvalue weighted by Crippen LogP contribution is 2.34. The van der Waals surface area contributed by atoms with Gasteiger partial charge in [0, 0.05) is 30.5 Å². The smallest absolute Gasteiger partial charge is 0.205 e. The van der Waals surface area contributed by atoms with E-state index in [-0.39, 0.29) is 12.5 Å². The van der Waals surface area contributed by atoms with Gasteiger partial charge in [0.1, 0.15) is 11.5 Å². The summed E-state index contributed by atoms with van der Waals surface area (Å²) >= 11 is 0. The predicted octanol–water partition coefficient (Wildman–Crippen LogP) is 3.57. The van der Waals surface area contributed by atoms with Crippen LogP contribution >= 0.6 is 0 Å². The number of benzene rings is 2. The topological polar surface area (TPSA) is 73.1 Å². The third-order valence-corrected chi connectivity index (χ3v) is 5.86. The first kappa shape index (κ1) is 20.7. The van der Waals surface area contributed by atoms with Crippen LogP contribution in [-0.4, -0.2) is 47.0 Å². The van der Waals surface area contributed by atoms with E-state index in [1.165, 1.54) is 0 Å². The molecule has 0 radical (unpaired) electrons. The van der Waals surface area contributed by atoms with Crippen molar-refractivity contribution in [3.8, 4) is 11.5 Å². The Kier molecular flexibility index (Phi) is 6.27. The van der Waals surface area contributed by atoms with Gasteiger partial charge >= 0.3 is 0 Å². The Labute approximate surface area is 176 Å². The van der Waals surface area contributed by atoms with Gasteiger partial charge in [-0.1, -0.05) is 31.2 Å². The van der Waals surface area contributed by atoms with Gasteiger partial charge in [0.2, 0.25) is 6.29 Å². The first-order valence-corrected chi connectivity index (χ1v) is 10.4. The summed E-state index contributed by atoms with van der Waals surface area (Å²) in [6.07, 6.45) is 1.62. The van der Waals surface area contributed by atoms with E-state index in [1.807, 2.05) is 49.5 Å². The summed E-state index contributed by atoms with van der Waals surface area (Å²) in [4.78, 5) is 0. The Bertz CT molecular complexity index is 967. The van der Waals surface area contributed by atoms with Crippen LogP contribution in [0.4, 0.5) is 0 Å². The lowest BCUT2D eigenvalue weighted by Crippen LogP contribution is -2.47. The van der Waals surface area contributed by atoms with Crippen molar-refractivity contribution < 1.29 is 24.4 Å². The molecule has 4 atom stereocenters. The summed E-state index contributed by atoms with van der Waals surface area (Å²) in [6, 6.07) is 16.0. The Hall–Kier alpha value is -2.54. The number of fused-ring (bicyclic) bond motifs is 1. The van der Waals surface area contributed by atoms with Crippen LogP contribution in [0.1, 0.15) is 25.3 Å². The molecule has 0 bridgehead atoms. The molecular formula is C24H29NO5. The van der Waals surface area contributed by atoms with E-state index in [1.54, 1.807) is 7.11 Å². The first-order chi connectivity index (χ1) is 14.6. The molecule has 1 fully saturated rings. The molecule has 1 aromatic heterocycles. The van der Waals surface area contributed by atoms with Crippen LogP contribution in [0.3, 0.4) is 0 Å². The maximum Gasteiger partial charge on any atom is 0.205 e. The number of aromatic nitrogens is 1. The molecule has 0 spiro atoms. The quantitative estimate of drug-likeness (QED) is 0.622. The Balaban J connectivity index is 1.63. The van der Waals surface area contributed by atoms with Crippen LogP contribution in [0.2, 0.25) is 0 Å². The van der Waals surface area contributed by atoms with E-state index < -0.39 is 18.5 Å². The molecule has 2 N–H and O–H groups in total. The maximum absolute atomic E-state index is 10.5. The molecule has 3 aromatic rings. The second-order valence-electron chi connectivity index (χ2n) is 7.79. The van der Waals surface area contributed by atoms with Gasteiger partial charge in [-0.15, -0.1) is 0 Å². The summed E-state index contributed by atoms with van der Waals surface area (Å²) in [5.41, 5.74) is 2.13. The molecule has 0 amide bonds. The minimum absolute atomic E-state index is 0.134. The van der Waals surface area contributed by atoms with Crippen molar-refractivity contribution in [1.29, 1.82) is 0 Å². The van der Waals surface area contributed by atoms with Gasteiger partial charge in [-0.2, -0.15) is 0 Å². The fraction of sp³-hybridized carbons (Fsp3) is 0.417. The standard InChI is InChI=1S/C24H29NO5/c1-3-20-21(27)13-19(15-26)29-24(20)30-22-6-4-5-17-11-12-25(23(17)22)14-16-7-9-18(28-2)10-8-16/h4-12,19-21,24,26-27H,3,13-15H2,1-2H3/t19-,20?,21-,24-/m0/s1. The van der Waals surface area contributed by atoms with Gasteiger partial charge in [0.05, 0.1) is 31.4 Å². The first-order valence-electron chi connectivity index (χ1n) is 10.4. The molecular weight excluding hydrogens is 382 g/mol. The number of methoxy groups -OCH3 is 1. The summed E-state index contributed by atoms with van der Waals surface area (Å²) in [7, 11) is 1.66. The lowest BCUT2D eigenvalue weighted by atomic mass is 9.91. The monoisotopic (exact) mass is 411 g/mol. The lowest BCUT2D eigenvalue weighted by molar-refractivity contribution is -0.218. The van der Waals surface area contributed by atoms with Crippen LogP contribution in [0.15, 0.2) is 54.7 Å². The SMILES string of the molecule is CCC1[C@H](Oc2cccc3ccn(Cc4ccc(OC)cc4)c23)O[C@H](CO)C[C@@H]1O. The minimum atomic E-state index is -0.606. The third-order valence-electron chi connectivity index (χ3n) is 5.86. The molecule has 1 saturated heterocycles. The van der Waals surface area contributed by atoms with Crippen molar-refractivity contribution >= 4 is 10.9 Å². The summed E-state index contributed by atoms with van der Waals surface area (Å²) in [5, 5.41) is 21.1. The van der Waals surface area contributed by atoms with E-state index in [0.717, 1.165) is 28.6 Å². The van der Waals surface area contributed by atoms with Gasteiger partial charge in [-0.3, -0.25) is 0 Å². The van der Waals surface area contributed by atoms with Gasteiger partial charge in [0.25, 0.3) is 0 Å². The van der Waals surface area contributed by atoms with Crippen LogP contribution in [0.25, 0.3) is 10.9 Å². The molecule has 6 nitrogen and oxygen atoms in total. The number of nitrogens with zero attached hydrogens (tertiary/aromatic N) is 1. The van der Waals surface area contributed by atoms with Gasteiger partial charge in [-0.05, 0) is 36.2 Å². The molecule has 2 heterocycles. The highest BCUT2D eigenvalue weighted by Gasteiger charge is 2.38. The molecule has 0 aliphatic carbocycles. The van der Waals surface area contributed by atoms with Gasteiger partial charge in [-0.25, -0.2) is 0 Å². The molecule has 30 heavy (non-hydrogen) atoms. The predicted molar refractivity (Wildman–Crippen MR) is 115 cm³/mol. The molecule has 0 saturated carbocycles. The Morgan fingerprint density at radius 3 is 2.63 bits per heavy atom. The summed E-state index contributed by atoms with van der Waals surface area (Å²) < 4.78 is 19.7. The molecule has 1 aliphatic rings. The molecule has 4 rings (SSSR count). The Morgan fingerprint density at radius 2 is 1.93 bits per heavy atom. The van der Waals surface area contributed by atoms with E-state index in [2.05, 4.69) is 16.7 Å². The number of aliphatic hydroxyl groups is 2. The average molecular weight is 411 g/mol. The van der Waals surface area contributed by atoms with Crippen molar-refractivity contribution in [3.05, 3.63) is 60.3 Å².